The van der Waals surface area contributed by atoms with Crippen molar-refractivity contribution < 1.29 is 17.6 Å². The quantitative estimate of drug-likeness (QED) is 0.729. The fraction of sp³-hybridized carbons (Fsp3) is 0.364. The van der Waals surface area contributed by atoms with Crippen molar-refractivity contribution in [2.45, 2.75) is 19.3 Å². The van der Waals surface area contributed by atoms with E-state index in [0.717, 1.165) is 4.57 Å². The standard InChI is InChI=1S/C11H8BrF4N5/c12-6-3-7(13)9(17-4-6)20-1-2-21-8(5-20)18-19-10(21)11(14,15)16/h3-4H,1-2,5H2. The fourth-order valence-corrected chi connectivity index (χ4v) is 2.49. The number of pyridine rings is 1. The molecule has 112 valence electrons. The van der Waals surface area contributed by atoms with Crippen LogP contribution >= 0.6 is 15.9 Å². The lowest BCUT2D eigenvalue weighted by atomic mass is 10.3. The summed E-state index contributed by atoms with van der Waals surface area (Å²) in [4.78, 5) is 5.49. The van der Waals surface area contributed by atoms with Gasteiger partial charge in [-0.2, -0.15) is 13.2 Å². The second-order valence-electron chi connectivity index (χ2n) is 4.47. The predicted octanol–water partition coefficient (Wildman–Crippen LogP) is 2.61. The summed E-state index contributed by atoms with van der Waals surface area (Å²) in [5.74, 6) is -1.35. The Balaban J connectivity index is 1.90. The van der Waals surface area contributed by atoms with E-state index in [0.29, 0.717) is 4.47 Å². The third kappa shape index (κ3) is 2.59. The Labute approximate surface area is 124 Å². The summed E-state index contributed by atoms with van der Waals surface area (Å²) in [6.45, 7) is 0.239. The second-order valence-corrected chi connectivity index (χ2v) is 5.39. The van der Waals surface area contributed by atoms with Crippen LogP contribution < -0.4 is 4.90 Å². The molecular formula is C11H8BrF4N5. The van der Waals surface area contributed by atoms with Crippen LogP contribution in [-0.2, 0) is 19.3 Å². The summed E-state index contributed by atoms with van der Waals surface area (Å²) in [6.07, 6.45) is -3.12. The largest absolute Gasteiger partial charge is 0.451 e. The number of nitrogens with zero attached hydrogens (tertiary/aromatic N) is 5. The number of alkyl halides is 3. The normalized spacial score (nSPS) is 15.2. The summed E-state index contributed by atoms with van der Waals surface area (Å²) in [6, 6.07) is 1.25. The average molecular weight is 366 g/mol. The van der Waals surface area contributed by atoms with E-state index in [2.05, 4.69) is 31.1 Å². The molecule has 0 fully saturated rings. The van der Waals surface area contributed by atoms with Gasteiger partial charge in [-0.3, -0.25) is 0 Å². The van der Waals surface area contributed by atoms with Crippen LogP contribution in [-0.4, -0.2) is 26.3 Å². The summed E-state index contributed by atoms with van der Waals surface area (Å²) in [5, 5.41) is 6.71. The number of hydrogen-bond donors (Lipinski definition) is 0. The summed E-state index contributed by atoms with van der Waals surface area (Å²) in [7, 11) is 0. The fourth-order valence-electron chi connectivity index (χ4n) is 2.19. The van der Waals surface area contributed by atoms with Crippen molar-refractivity contribution in [2.75, 3.05) is 11.4 Å². The lowest BCUT2D eigenvalue weighted by Crippen LogP contribution is -2.36. The molecule has 5 nitrogen and oxygen atoms in total. The van der Waals surface area contributed by atoms with Crippen molar-refractivity contribution in [1.82, 2.24) is 19.7 Å². The molecule has 0 saturated carbocycles. The van der Waals surface area contributed by atoms with E-state index in [1.54, 1.807) is 0 Å². The highest BCUT2D eigenvalue weighted by molar-refractivity contribution is 9.10. The highest BCUT2D eigenvalue weighted by Gasteiger charge is 2.39. The Kier molecular flexibility index (Phi) is 3.34. The molecule has 3 heterocycles. The topological polar surface area (TPSA) is 46.8 Å². The molecule has 0 unspecified atom stereocenters. The van der Waals surface area contributed by atoms with Gasteiger partial charge in [0.05, 0.1) is 6.54 Å². The van der Waals surface area contributed by atoms with Gasteiger partial charge < -0.3 is 9.47 Å². The SMILES string of the molecule is Fc1cc(Br)cnc1N1CCn2c(nnc2C(F)(F)F)C1. The lowest BCUT2D eigenvalue weighted by Gasteiger charge is -2.29. The first-order valence-corrected chi connectivity index (χ1v) is 6.71. The van der Waals surface area contributed by atoms with Crippen LogP contribution in [0.15, 0.2) is 16.7 Å². The Hall–Kier alpha value is -1.71. The Morgan fingerprint density at radius 1 is 1.19 bits per heavy atom. The van der Waals surface area contributed by atoms with Crippen LogP contribution in [0.1, 0.15) is 11.6 Å². The van der Waals surface area contributed by atoms with Crippen molar-refractivity contribution in [3.05, 3.63) is 34.2 Å². The maximum absolute atomic E-state index is 13.8. The van der Waals surface area contributed by atoms with Gasteiger partial charge in [-0.1, -0.05) is 0 Å². The maximum atomic E-state index is 13.8. The molecule has 0 N–H and O–H groups in total. The first-order valence-electron chi connectivity index (χ1n) is 5.91. The van der Waals surface area contributed by atoms with Gasteiger partial charge >= 0.3 is 6.18 Å². The molecule has 0 saturated heterocycles. The monoisotopic (exact) mass is 365 g/mol. The molecule has 21 heavy (non-hydrogen) atoms. The van der Waals surface area contributed by atoms with Crippen LogP contribution in [0.4, 0.5) is 23.4 Å². The Bertz CT molecular complexity index is 684. The first kappa shape index (κ1) is 14.2. The lowest BCUT2D eigenvalue weighted by molar-refractivity contribution is -0.147. The second kappa shape index (κ2) is 4.93. The van der Waals surface area contributed by atoms with Crippen molar-refractivity contribution in [1.29, 1.82) is 0 Å². The third-order valence-electron chi connectivity index (χ3n) is 3.09. The van der Waals surface area contributed by atoms with Gasteiger partial charge in [0.25, 0.3) is 0 Å². The summed E-state index contributed by atoms with van der Waals surface area (Å²) >= 11 is 3.10. The predicted molar refractivity (Wildman–Crippen MR) is 68.0 cm³/mol. The Morgan fingerprint density at radius 2 is 1.95 bits per heavy atom. The average Bonchev–Trinajstić information content (AvgIpc) is 2.81. The van der Waals surface area contributed by atoms with Crippen molar-refractivity contribution in [3.63, 3.8) is 0 Å². The first-order chi connectivity index (χ1) is 9.86. The van der Waals surface area contributed by atoms with Gasteiger partial charge in [-0.05, 0) is 22.0 Å². The molecule has 0 radical (unpaired) electrons. The van der Waals surface area contributed by atoms with E-state index in [-0.39, 0.29) is 31.3 Å². The minimum absolute atomic E-state index is 0.0222. The molecule has 1 aliphatic heterocycles. The molecule has 0 amide bonds. The van der Waals surface area contributed by atoms with Gasteiger partial charge in [0, 0.05) is 23.8 Å². The molecule has 0 aliphatic carbocycles. The van der Waals surface area contributed by atoms with E-state index >= 15 is 0 Å². The van der Waals surface area contributed by atoms with Crippen LogP contribution in [0.3, 0.4) is 0 Å². The number of hydrogen-bond acceptors (Lipinski definition) is 4. The molecule has 1 aliphatic rings. The van der Waals surface area contributed by atoms with Gasteiger partial charge in [0.2, 0.25) is 5.82 Å². The summed E-state index contributed by atoms with van der Waals surface area (Å²) < 4.78 is 53.5. The van der Waals surface area contributed by atoms with Crippen molar-refractivity contribution >= 4 is 21.7 Å². The zero-order valence-electron chi connectivity index (χ0n) is 10.4. The number of rotatable bonds is 1. The highest BCUT2D eigenvalue weighted by Crippen LogP contribution is 2.30. The van der Waals surface area contributed by atoms with Crippen molar-refractivity contribution in [3.8, 4) is 0 Å². The zero-order valence-corrected chi connectivity index (χ0v) is 12.0. The zero-order chi connectivity index (χ0) is 15.2. The molecule has 2 aromatic heterocycles. The van der Waals surface area contributed by atoms with Gasteiger partial charge in [0.1, 0.15) is 0 Å². The number of aromatic nitrogens is 4. The number of fused-ring (bicyclic) bond motifs is 1. The van der Waals surface area contributed by atoms with Crippen molar-refractivity contribution in [2.24, 2.45) is 0 Å². The number of halogens is 5. The third-order valence-corrected chi connectivity index (χ3v) is 3.53. The summed E-state index contributed by atoms with van der Waals surface area (Å²) in [5.41, 5.74) is 0. The maximum Gasteiger partial charge on any atom is 0.451 e. The van der Waals surface area contributed by atoms with Crippen LogP contribution in [0.2, 0.25) is 0 Å². The van der Waals surface area contributed by atoms with Gasteiger partial charge in [0.15, 0.2) is 17.5 Å². The molecule has 10 heteroatoms. The van der Waals surface area contributed by atoms with E-state index in [1.807, 2.05) is 0 Å². The van der Waals surface area contributed by atoms with E-state index in [1.165, 1.54) is 17.2 Å². The number of anilines is 1. The molecule has 0 bridgehead atoms. The minimum atomic E-state index is -4.55. The molecule has 2 aromatic rings. The molecule has 0 atom stereocenters. The molecule has 0 aromatic carbocycles. The molecular weight excluding hydrogens is 358 g/mol. The van der Waals surface area contributed by atoms with Crippen LogP contribution in [0.5, 0.6) is 0 Å². The molecule has 3 rings (SSSR count). The van der Waals surface area contributed by atoms with Crippen LogP contribution in [0, 0.1) is 5.82 Å². The van der Waals surface area contributed by atoms with E-state index in [9.17, 15) is 17.6 Å². The van der Waals surface area contributed by atoms with Gasteiger partial charge in [-0.25, -0.2) is 9.37 Å². The van der Waals surface area contributed by atoms with E-state index < -0.39 is 17.8 Å². The molecule has 0 spiro atoms. The van der Waals surface area contributed by atoms with E-state index in [4.69, 9.17) is 0 Å². The Morgan fingerprint density at radius 3 is 2.62 bits per heavy atom. The van der Waals surface area contributed by atoms with Gasteiger partial charge in [-0.15, -0.1) is 10.2 Å². The smallest absolute Gasteiger partial charge is 0.345 e. The minimum Gasteiger partial charge on any atom is -0.345 e. The van der Waals surface area contributed by atoms with Crippen LogP contribution in [0.25, 0.3) is 0 Å². The highest BCUT2D eigenvalue weighted by atomic mass is 79.9.